The van der Waals surface area contributed by atoms with Gasteiger partial charge >= 0.3 is 0 Å². The van der Waals surface area contributed by atoms with Crippen LogP contribution in [0.1, 0.15) is 44.1 Å². The normalized spacial score (nSPS) is 24.6. The predicted octanol–water partition coefficient (Wildman–Crippen LogP) is 3.10. The Morgan fingerprint density at radius 1 is 1.31 bits per heavy atom. The van der Waals surface area contributed by atoms with Crippen molar-refractivity contribution in [3.63, 3.8) is 0 Å². The lowest BCUT2D eigenvalue weighted by Crippen LogP contribution is -2.03. The van der Waals surface area contributed by atoms with Gasteiger partial charge in [0.15, 0.2) is 0 Å². The minimum absolute atomic E-state index is 0.121. The number of benzene rings is 1. The van der Waals surface area contributed by atoms with E-state index in [2.05, 4.69) is 19.1 Å². The van der Waals surface area contributed by atoms with E-state index in [9.17, 15) is 5.11 Å². The lowest BCUT2D eigenvalue weighted by atomic mass is 9.96. The summed E-state index contributed by atoms with van der Waals surface area (Å²) in [5.74, 6) is 1.48. The van der Waals surface area contributed by atoms with Crippen LogP contribution in [-0.2, 0) is 0 Å². The van der Waals surface area contributed by atoms with Gasteiger partial charge in [0.05, 0.1) is 12.7 Å². The molecular weight excluding hydrogens is 200 g/mol. The molecule has 0 radical (unpaired) electrons. The SMILES string of the molecule is CCCOc1ccccc1C1CCC(O)C1. The molecule has 2 nitrogen and oxygen atoms in total. The number of aliphatic hydroxyl groups excluding tert-OH is 1. The number of aliphatic hydroxyl groups is 1. The molecule has 0 saturated heterocycles. The average molecular weight is 220 g/mol. The second-order valence-electron chi connectivity index (χ2n) is 4.55. The zero-order valence-corrected chi connectivity index (χ0v) is 9.86. The first-order chi connectivity index (χ1) is 7.81. The predicted molar refractivity (Wildman–Crippen MR) is 64.8 cm³/mol. The van der Waals surface area contributed by atoms with Crippen LogP contribution < -0.4 is 4.74 Å². The molecular formula is C14H20O2. The molecule has 0 bridgehead atoms. The lowest BCUT2D eigenvalue weighted by Gasteiger charge is -2.15. The third kappa shape index (κ3) is 2.56. The van der Waals surface area contributed by atoms with E-state index in [0.717, 1.165) is 38.0 Å². The van der Waals surface area contributed by atoms with Crippen molar-refractivity contribution in [3.05, 3.63) is 29.8 Å². The molecule has 2 heteroatoms. The maximum absolute atomic E-state index is 9.59. The molecule has 88 valence electrons. The molecule has 1 N–H and O–H groups in total. The Bertz CT molecular complexity index is 335. The van der Waals surface area contributed by atoms with Crippen LogP contribution in [0, 0.1) is 0 Å². The second kappa shape index (κ2) is 5.35. The summed E-state index contributed by atoms with van der Waals surface area (Å²) < 4.78 is 5.75. The van der Waals surface area contributed by atoms with Crippen LogP contribution in [0.15, 0.2) is 24.3 Å². The molecule has 2 unspecified atom stereocenters. The Kier molecular flexibility index (Phi) is 3.83. The van der Waals surface area contributed by atoms with Gasteiger partial charge in [-0.05, 0) is 43.2 Å². The van der Waals surface area contributed by atoms with E-state index in [0.29, 0.717) is 5.92 Å². The highest BCUT2D eigenvalue weighted by molar-refractivity contribution is 5.36. The van der Waals surface area contributed by atoms with Crippen molar-refractivity contribution in [3.8, 4) is 5.75 Å². The van der Waals surface area contributed by atoms with Crippen molar-refractivity contribution < 1.29 is 9.84 Å². The summed E-state index contributed by atoms with van der Waals surface area (Å²) in [5, 5.41) is 9.59. The molecule has 0 aliphatic heterocycles. The van der Waals surface area contributed by atoms with E-state index in [-0.39, 0.29) is 6.10 Å². The Labute approximate surface area is 97.3 Å². The van der Waals surface area contributed by atoms with Crippen molar-refractivity contribution in [1.82, 2.24) is 0 Å². The van der Waals surface area contributed by atoms with Gasteiger partial charge < -0.3 is 9.84 Å². The minimum atomic E-state index is -0.121. The lowest BCUT2D eigenvalue weighted by molar-refractivity contribution is 0.181. The van der Waals surface area contributed by atoms with Crippen LogP contribution in [0.25, 0.3) is 0 Å². The van der Waals surface area contributed by atoms with Gasteiger partial charge in [-0.15, -0.1) is 0 Å². The van der Waals surface area contributed by atoms with Crippen LogP contribution in [0.3, 0.4) is 0 Å². The zero-order valence-electron chi connectivity index (χ0n) is 9.86. The molecule has 2 atom stereocenters. The number of ether oxygens (including phenoxy) is 1. The minimum Gasteiger partial charge on any atom is -0.493 e. The van der Waals surface area contributed by atoms with Gasteiger partial charge in [-0.2, -0.15) is 0 Å². The summed E-state index contributed by atoms with van der Waals surface area (Å²) >= 11 is 0. The molecule has 1 aromatic rings. The molecule has 0 spiro atoms. The van der Waals surface area contributed by atoms with Crippen LogP contribution in [0.4, 0.5) is 0 Å². The van der Waals surface area contributed by atoms with Crippen LogP contribution in [0.2, 0.25) is 0 Å². The monoisotopic (exact) mass is 220 g/mol. The zero-order chi connectivity index (χ0) is 11.4. The molecule has 1 aliphatic carbocycles. The number of rotatable bonds is 4. The highest BCUT2D eigenvalue weighted by atomic mass is 16.5. The number of hydrogen-bond donors (Lipinski definition) is 1. The molecule has 2 rings (SSSR count). The van der Waals surface area contributed by atoms with Crippen molar-refractivity contribution in [2.24, 2.45) is 0 Å². The third-order valence-electron chi connectivity index (χ3n) is 3.23. The maximum atomic E-state index is 9.59. The number of para-hydroxylation sites is 1. The first-order valence-corrected chi connectivity index (χ1v) is 6.21. The van der Waals surface area contributed by atoms with E-state index in [1.807, 2.05) is 12.1 Å². The fourth-order valence-electron chi connectivity index (χ4n) is 2.40. The molecule has 1 aromatic carbocycles. The van der Waals surface area contributed by atoms with E-state index < -0.39 is 0 Å². The standard InChI is InChI=1S/C14H20O2/c1-2-9-16-14-6-4-3-5-13(14)11-7-8-12(15)10-11/h3-6,11-12,15H,2,7-10H2,1H3. The first kappa shape index (κ1) is 11.5. The Hall–Kier alpha value is -1.02. The first-order valence-electron chi connectivity index (χ1n) is 6.21. The van der Waals surface area contributed by atoms with E-state index in [1.165, 1.54) is 5.56 Å². The second-order valence-corrected chi connectivity index (χ2v) is 4.55. The highest BCUT2D eigenvalue weighted by Gasteiger charge is 2.26. The maximum Gasteiger partial charge on any atom is 0.122 e. The van der Waals surface area contributed by atoms with Gasteiger partial charge in [-0.1, -0.05) is 25.1 Å². The van der Waals surface area contributed by atoms with Gasteiger partial charge in [-0.25, -0.2) is 0 Å². The summed E-state index contributed by atoms with van der Waals surface area (Å²) in [7, 11) is 0. The van der Waals surface area contributed by atoms with Gasteiger partial charge in [-0.3, -0.25) is 0 Å². The molecule has 1 fully saturated rings. The van der Waals surface area contributed by atoms with Crippen molar-refractivity contribution >= 4 is 0 Å². The highest BCUT2D eigenvalue weighted by Crippen LogP contribution is 2.38. The molecule has 0 aromatic heterocycles. The van der Waals surface area contributed by atoms with Crippen LogP contribution in [0.5, 0.6) is 5.75 Å². The van der Waals surface area contributed by atoms with Crippen LogP contribution in [-0.4, -0.2) is 17.8 Å². The van der Waals surface area contributed by atoms with E-state index >= 15 is 0 Å². The topological polar surface area (TPSA) is 29.5 Å². The van der Waals surface area contributed by atoms with E-state index in [1.54, 1.807) is 0 Å². The summed E-state index contributed by atoms with van der Waals surface area (Å²) in [6, 6.07) is 8.24. The van der Waals surface area contributed by atoms with Crippen molar-refractivity contribution in [2.75, 3.05) is 6.61 Å². The smallest absolute Gasteiger partial charge is 0.122 e. The fraction of sp³-hybridized carbons (Fsp3) is 0.571. The fourth-order valence-corrected chi connectivity index (χ4v) is 2.40. The van der Waals surface area contributed by atoms with Gasteiger partial charge in [0.2, 0.25) is 0 Å². The Morgan fingerprint density at radius 2 is 2.12 bits per heavy atom. The third-order valence-corrected chi connectivity index (χ3v) is 3.23. The molecule has 0 heterocycles. The van der Waals surface area contributed by atoms with Crippen molar-refractivity contribution in [1.29, 1.82) is 0 Å². The molecule has 1 saturated carbocycles. The average Bonchev–Trinajstić information content (AvgIpc) is 2.73. The van der Waals surface area contributed by atoms with Gasteiger partial charge in [0, 0.05) is 0 Å². The quantitative estimate of drug-likeness (QED) is 0.844. The summed E-state index contributed by atoms with van der Waals surface area (Å²) in [6.45, 7) is 2.88. The Balaban J connectivity index is 2.12. The van der Waals surface area contributed by atoms with Crippen LogP contribution >= 0.6 is 0 Å². The summed E-state index contributed by atoms with van der Waals surface area (Å²) in [4.78, 5) is 0. The van der Waals surface area contributed by atoms with Crippen molar-refractivity contribution in [2.45, 2.75) is 44.6 Å². The van der Waals surface area contributed by atoms with Gasteiger partial charge in [0.1, 0.15) is 5.75 Å². The summed E-state index contributed by atoms with van der Waals surface area (Å²) in [6.07, 6.45) is 3.79. The molecule has 1 aliphatic rings. The van der Waals surface area contributed by atoms with E-state index in [4.69, 9.17) is 4.74 Å². The number of hydrogen-bond acceptors (Lipinski definition) is 2. The molecule has 16 heavy (non-hydrogen) atoms. The largest absolute Gasteiger partial charge is 0.493 e. The summed E-state index contributed by atoms with van der Waals surface area (Å²) in [5.41, 5.74) is 1.27. The molecule has 0 amide bonds. The Morgan fingerprint density at radius 3 is 2.81 bits per heavy atom. The van der Waals surface area contributed by atoms with Gasteiger partial charge in [0.25, 0.3) is 0 Å².